The third kappa shape index (κ3) is 3.20. The molecule has 1 fully saturated rings. The van der Waals surface area contributed by atoms with E-state index in [-0.39, 0.29) is 28.9 Å². The third-order valence-corrected chi connectivity index (χ3v) is 4.86. The van der Waals surface area contributed by atoms with Gasteiger partial charge in [-0.15, -0.1) is 0 Å². The largest absolute Gasteiger partial charge is 0.508 e. The number of aromatic carboxylic acids is 1. The van der Waals surface area contributed by atoms with Gasteiger partial charge in [0, 0.05) is 6.07 Å². The monoisotopic (exact) mass is 330 g/mol. The SMILES string of the molecule is O=C(O)c1ccc(F)cc1C1CCC(c2ccc(O)cc2O)CC1. The number of halogens is 1. The molecule has 0 aromatic heterocycles. The summed E-state index contributed by atoms with van der Waals surface area (Å²) in [5.74, 6) is -1.20. The quantitative estimate of drug-likeness (QED) is 0.780. The van der Waals surface area contributed by atoms with Crippen molar-refractivity contribution < 1.29 is 24.5 Å². The summed E-state index contributed by atoms with van der Waals surface area (Å²) in [6.07, 6.45) is 3.01. The first-order chi connectivity index (χ1) is 11.5. The Bertz CT molecular complexity index is 764. The molecular formula is C19H19FO4. The number of rotatable bonds is 3. The number of phenols is 2. The van der Waals surface area contributed by atoms with Crippen LogP contribution in [0, 0.1) is 5.82 Å². The Hall–Kier alpha value is -2.56. The van der Waals surface area contributed by atoms with E-state index in [1.807, 2.05) is 0 Å². The van der Waals surface area contributed by atoms with Crippen molar-refractivity contribution in [1.82, 2.24) is 0 Å². The normalized spacial score (nSPS) is 20.7. The van der Waals surface area contributed by atoms with Crippen molar-refractivity contribution in [3.8, 4) is 11.5 Å². The van der Waals surface area contributed by atoms with Gasteiger partial charge >= 0.3 is 5.97 Å². The van der Waals surface area contributed by atoms with E-state index in [0.29, 0.717) is 5.56 Å². The van der Waals surface area contributed by atoms with Gasteiger partial charge in [0.15, 0.2) is 0 Å². The topological polar surface area (TPSA) is 77.8 Å². The Morgan fingerprint density at radius 3 is 2.12 bits per heavy atom. The van der Waals surface area contributed by atoms with E-state index >= 15 is 0 Å². The second-order valence-corrected chi connectivity index (χ2v) is 6.33. The zero-order valence-corrected chi connectivity index (χ0v) is 13.1. The van der Waals surface area contributed by atoms with Crippen LogP contribution in [0.4, 0.5) is 4.39 Å². The number of aromatic hydroxyl groups is 2. The summed E-state index contributed by atoms with van der Waals surface area (Å²) in [5.41, 5.74) is 1.51. The van der Waals surface area contributed by atoms with Gasteiger partial charge < -0.3 is 15.3 Å². The van der Waals surface area contributed by atoms with Gasteiger partial charge in [-0.25, -0.2) is 9.18 Å². The van der Waals surface area contributed by atoms with E-state index in [4.69, 9.17) is 0 Å². The van der Waals surface area contributed by atoms with Crippen LogP contribution in [-0.4, -0.2) is 21.3 Å². The van der Waals surface area contributed by atoms with Crippen LogP contribution in [0.1, 0.15) is 59.0 Å². The average Bonchev–Trinajstić information content (AvgIpc) is 2.55. The number of carboxylic acids is 1. The molecule has 0 unspecified atom stereocenters. The smallest absolute Gasteiger partial charge is 0.335 e. The maximum Gasteiger partial charge on any atom is 0.335 e. The Morgan fingerprint density at radius 2 is 1.54 bits per heavy atom. The first-order valence-electron chi connectivity index (χ1n) is 8.00. The fourth-order valence-corrected chi connectivity index (χ4v) is 3.66. The summed E-state index contributed by atoms with van der Waals surface area (Å²) in [6.45, 7) is 0. The molecule has 1 aliphatic rings. The van der Waals surface area contributed by atoms with Gasteiger partial charge in [0.05, 0.1) is 5.56 Å². The molecule has 3 rings (SSSR count). The van der Waals surface area contributed by atoms with Gasteiger partial charge in [-0.05, 0) is 72.9 Å². The number of hydrogen-bond acceptors (Lipinski definition) is 3. The summed E-state index contributed by atoms with van der Waals surface area (Å²) in [6, 6.07) is 8.43. The lowest BCUT2D eigenvalue weighted by Crippen LogP contribution is -2.15. The number of carbonyl (C=O) groups is 1. The minimum Gasteiger partial charge on any atom is -0.508 e. The molecule has 4 nitrogen and oxygen atoms in total. The number of benzene rings is 2. The zero-order chi connectivity index (χ0) is 17.3. The van der Waals surface area contributed by atoms with Crippen molar-refractivity contribution in [3.05, 3.63) is 58.9 Å². The lowest BCUT2D eigenvalue weighted by molar-refractivity contribution is 0.0694. The first-order valence-corrected chi connectivity index (χ1v) is 8.00. The van der Waals surface area contributed by atoms with E-state index < -0.39 is 11.8 Å². The fourth-order valence-electron chi connectivity index (χ4n) is 3.66. The van der Waals surface area contributed by atoms with E-state index in [0.717, 1.165) is 31.2 Å². The van der Waals surface area contributed by atoms with Crippen LogP contribution in [0.3, 0.4) is 0 Å². The van der Waals surface area contributed by atoms with Crippen LogP contribution in [0.25, 0.3) is 0 Å². The van der Waals surface area contributed by atoms with Crippen molar-refractivity contribution in [2.24, 2.45) is 0 Å². The van der Waals surface area contributed by atoms with Gasteiger partial charge in [0.1, 0.15) is 17.3 Å². The molecule has 1 saturated carbocycles. The molecule has 126 valence electrons. The highest BCUT2D eigenvalue weighted by molar-refractivity contribution is 5.89. The summed E-state index contributed by atoms with van der Waals surface area (Å²) in [7, 11) is 0. The maximum absolute atomic E-state index is 13.5. The van der Waals surface area contributed by atoms with Gasteiger partial charge in [-0.1, -0.05) is 6.07 Å². The molecule has 2 aromatic rings. The van der Waals surface area contributed by atoms with Gasteiger partial charge in [0.2, 0.25) is 0 Å². The van der Waals surface area contributed by atoms with E-state index in [9.17, 15) is 24.5 Å². The molecule has 0 bridgehead atoms. The Morgan fingerprint density at radius 1 is 0.917 bits per heavy atom. The average molecular weight is 330 g/mol. The van der Waals surface area contributed by atoms with Crippen molar-refractivity contribution in [2.75, 3.05) is 0 Å². The van der Waals surface area contributed by atoms with Crippen molar-refractivity contribution >= 4 is 5.97 Å². The highest BCUT2D eigenvalue weighted by Crippen LogP contribution is 2.44. The van der Waals surface area contributed by atoms with Crippen molar-refractivity contribution in [1.29, 1.82) is 0 Å². The van der Waals surface area contributed by atoms with E-state index in [1.54, 1.807) is 12.1 Å². The van der Waals surface area contributed by atoms with Gasteiger partial charge in [0.25, 0.3) is 0 Å². The highest BCUT2D eigenvalue weighted by atomic mass is 19.1. The lowest BCUT2D eigenvalue weighted by Gasteiger charge is -2.30. The molecule has 0 radical (unpaired) electrons. The molecule has 5 heteroatoms. The standard InChI is InChI=1S/C19H19FO4/c20-13-5-7-16(19(23)24)17(9-13)12-3-1-11(2-4-12)15-8-6-14(21)10-18(15)22/h5-12,21-22H,1-4H2,(H,23,24). The second kappa shape index (κ2) is 6.51. The third-order valence-electron chi connectivity index (χ3n) is 4.86. The minimum absolute atomic E-state index is 0.00214. The molecular weight excluding hydrogens is 311 g/mol. The molecule has 0 amide bonds. The lowest BCUT2D eigenvalue weighted by atomic mass is 9.75. The summed E-state index contributed by atoms with van der Waals surface area (Å²) in [5, 5.41) is 28.7. The van der Waals surface area contributed by atoms with Crippen LogP contribution < -0.4 is 0 Å². The highest BCUT2D eigenvalue weighted by Gasteiger charge is 2.28. The summed E-state index contributed by atoms with van der Waals surface area (Å²) >= 11 is 0. The molecule has 2 aromatic carbocycles. The van der Waals surface area contributed by atoms with Crippen molar-refractivity contribution in [3.63, 3.8) is 0 Å². The number of carboxylic acid groups (broad SMARTS) is 1. The van der Waals surface area contributed by atoms with Crippen LogP contribution in [0.2, 0.25) is 0 Å². The fraction of sp³-hybridized carbons (Fsp3) is 0.316. The molecule has 0 spiro atoms. The second-order valence-electron chi connectivity index (χ2n) is 6.33. The Balaban J connectivity index is 1.78. The molecule has 1 aliphatic carbocycles. The molecule has 3 N–H and O–H groups in total. The zero-order valence-electron chi connectivity index (χ0n) is 13.1. The van der Waals surface area contributed by atoms with Crippen molar-refractivity contribution in [2.45, 2.75) is 37.5 Å². The van der Waals surface area contributed by atoms with Gasteiger partial charge in [-0.2, -0.15) is 0 Å². The maximum atomic E-state index is 13.5. The minimum atomic E-state index is -1.04. The van der Waals surface area contributed by atoms with Crippen LogP contribution in [0.15, 0.2) is 36.4 Å². The number of hydrogen-bond donors (Lipinski definition) is 3. The molecule has 0 heterocycles. The Kier molecular flexibility index (Phi) is 4.42. The molecule has 0 aliphatic heterocycles. The summed E-state index contributed by atoms with van der Waals surface area (Å²) < 4.78 is 13.5. The van der Waals surface area contributed by atoms with E-state index in [2.05, 4.69) is 0 Å². The molecule has 0 saturated heterocycles. The van der Waals surface area contributed by atoms with E-state index in [1.165, 1.54) is 24.3 Å². The van der Waals surface area contributed by atoms with Crippen LogP contribution in [0.5, 0.6) is 11.5 Å². The van der Waals surface area contributed by atoms with Crippen LogP contribution >= 0.6 is 0 Å². The van der Waals surface area contributed by atoms with Crippen LogP contribution in [-0.2, 0) is 0 Å². The summed E-state index contributed by atoms with van der Waals surface area (Å²) in [4.78, 5) is 11.4. The van der Waals surface area contributed by atoms with Gasteiger partial charge in [-0.3, -0.25) is 0 Å². The predicted octanol–water partition coefficient (Wildman–Crippen LogP) is 4.38. The predicted molar refractivity (Wildman–Crippen MR) is 87.1 cm³/mol. The molecule has 0 atom stereocenters. The first kappa shape index (κ1) is 16.3. The Labute approximate surface area is 139 Å². The number of phenolic OH excluding ortho intramolecular Hbond substituents is 2. The molecule has 24 heavy (non-hydrogen) atoms.